The maximum absolute atomic E-state index is 4.66. The highest BCUT2D eigenvalue weighted by Crippen LogP contribution is 2.30. The number of likely N-dealkylation sites (tertiary alicyclic amines) is 1. The fourth-order valence-electron chi connectivity index (χ4n) is 3.29. The summed E-state index contributed by atoms with van der Waals surface area (Å²) in [7, 11) is 0. The van der Waals surface area contributed by atoms with Crippen LogP contribution >= 0.6 is 11.3 Å². The van der Waals surface area contributed by atoms with Crippen molar-refractivity contribution in [3.8, 4) is 0 Å². The summed E-state index contributed by atoms with van der Waals surface area (Å²) in [6, 6.07) is 1.56. The molecule has 1 N–H and O–H groups in total. The van der Waals surface area contributed by atoms with Gasteiger partial charge < -0.3 is 5.32 Å². The molecule has 3 heterocycles. The highest BCUT2D eigenvalue weighted by Gasteiger charge is 2.34. The number of aromatic nitrogens is 2. The molecule has 1 saturated carbocycles. The number of rotatable bonds is 4. The fourth-order valence-corrected chi connectivity index (χ4v) is 4.18. The van der Waals surface area contributed by atoms with E-state index in [4.69, 9.17) is 0 Å². The average molecular weight is 290 g/mol. The van der Waals surface area contributed by atoms with Gasteiger partial charge in [0.2, 0.25) is 0 Å². The first kappa shape index (κ1) is 12.8. The Kier molecular flexibility index (Phi) is 3.09. The summed E-state index contributed by atoms with van der Waals surface area (Å²) in [6.07, 6.45) is 6.34. The van der Waals surface area contributed by atoms with E-state index < -0.39 is 0 Å². The van der Waals surface area contributed by atoms with Crippen LogP contribution in [-0.2, 0) is 6.54 Å². The van der Waals surface area contributed by atoms with Gasteiger partial charge in [-0.05, 0) is 33.1 Å². The summed E-state index contributed by atoms with van der Waals surface area (Å²) in [5.41, 5.74) is 2.50. The molecule has 1 aliphatic heterocycles. The number of aryl methyl sites for hydroxylation is 2. The van der Waals surface area contributed by atoms with Crippen LogP contribution in [0, 0.1) is 13.8 Å². The van der Waals surface area contributed by atoms with Crippen molar-refractivity contribution in [1.82, 2.24) is 19.6 Å². The molecule has 0 radical (unpaired) electrons. The maximum Gasteiger partial charge on any atom is 0.194 e. The van der Waals surface area contributed by atoms with Crippen LogP contribution in [0.1, 0.15) is 35.5 Å². The van der Waals surface area contributed by atoms with Crippen LogP contribution in [0.3, 0.4) is 0 Å². The quantitative estimate of drug-likeness (QED) is 0.938. The normalized spacial score (nSPS) is 24.0. The van der Waals surface area contributed by atoms with Crippen molar-refractivity contribution in [2.24, 2.45) is 0 Å². The van der Waals surface area contributed by atoms with E-state index in [2.05, 4.69) is 39.6 Å². The molecular formula is C15H22N4S. The van der Waals surface area contributed by atoms with E-state index >= 15 is 0 Å². The molecule has 1 saturated heterocycles. The molecule has 2 fully saturated rings. The van der Waals surface area contributed by atoms with Crippen molar-refractivity contribution in [1.29, 1.82) is 0 Å². The second kappa shape index (κ2) is 4.83. The number of nitrogens with one attached hydrogen (secondary N) is 1. The number of thiazole rings is 1. The van der Waals surface area contributed by atoms with E-state index in [-0.39, 0.29) is 0 Å². The van der Waals surface area contributed by atoms with E-state index in [9.17, 15) is 0 Å². The van der Waals surface area contributed by atoms with Gasteiger partial charge in [0.25, 0.3) is 0 Å². The predicted octanol–water partition coefficient (Wildman–Crippen LogP) is 2.34. The van der Waals surface area contributed by atoms with E-state index in [0.29, 0.717) is 6.04 Å². The summed E-state index contributed by atoms with van der Waals surface area (Å²) in [4.78, 5) is 9.78. The van der Waals surface area contributed by atoms with Crippen molar-refractivity contribution >= 4 is 16.3 Å². The van der Waals surface area contributed by atoms with Crippen LogP contribution in [-0.4, -0.2) is 39.5 Å². The topological polar surface area (TPSA) is 32.6 Å². The first-order valence-corrected chi connectivity index (χ1v) is 8.44. The van der Waals surface area contributed by atoms with Gasteiger partial charge in [0, 0.05) is 42.8 Å². The Bertz CT molecular complexity index is 625. The third-order valence-corrected chi connectivity index (χ3v) is 5.48. The zero-order chi connectivity index (χ0) is 13.7. The van der Waals surface area contributed by atoms with E-state index in [1.54, 1.807) is 11.3 Å². The lowest BCUT2D eigenvalue weighted by Crippen LogP contribution is -2.33. The zero-order valence-corrected chi connectivity index (χ0v) is 13.0. The Morgan fingerprint density at radius 2 is 2.20 bits per heavy atom. The van der Waals surface area contributed by atoms with Gasteiger partial charge in [0.05, 0.1) is 11.4 Å². The Morgan fingerprint density at radius 1 is 1.35 bits per heavy atom. The van der Waals surface area contributed by atoms with Gasteiger partial charge in [-0.2, -0.15) is 0 Å². The average Bonchev–Trinajstić information content (AvgIpc) is 2.95. The molecule has 1 aliphatic carbocycles. The maximum atomic E-state index is 4.66. The van der Waals surface area contributed by atoms with Crippen LogP contribution in [0.15, 0.2) is 6.20 Å². The minimum Gasteiger partial charge on any atom is -0.307 e. The smallest absolute Gasteiger partial charge is 0.194 e. The summed E-state index contributed by atoms with van der Waals surface area (Å²) >= 11 is 1.77. The predicted molar refractivity (Wildman–Crippen MR) is 82.4 cm³/mol. The molecule has 5 heteroatoms. The molecule has 0 amide bonds. The van der Waals surface area contributed by atoms with Crippen LogP contribution in [0.2, 0.25) is 0 Å². The summed E-state index contributed by atoms with van der Waals surface area (Å²) in [6.45, 7) is 7.72. The molecule has 2 aromatic rings. The second-order valence-electron chi connectivity index (χ2n) is 6.23. The molecule has 0 bridgehead atoms. The van der Waals surface area contributed by atoms with Gasteiger partial charge in [0.15, 0.2) is 4.96 Å². The van der Waals surface area contributed by atoms with Gasteiger partial charge in [-0.15, -0.1) is 11.3 Å². The number of hydrogen-bond acceptors (Lipinski definition) is 4. The highest BCUT2D eigenvalue weighted by atomic mass is 32.1. The van der Waals surface area contributed by atoms with Crippen molar-refractivity contribution in [2.75, 3.05) is 13.1 Å². The molecule has 2 aliphatic rings. The summed E-state index contributed by atoms with van der Waals surface area (Å²) < 4.78 is 2.26. The number of nitrogens with zero attached hydrogens (tertiary/aromatic N) is 3. The molecule has 4 nitrogen and oxygen atoms in total. The zero-order valence-electron chi connectivity index (χ0n) is 12.2. The Balaban J connectivity index is 1.44. The molecule has 20 heavy (non-hydrogen) atoms. The van der Waals surface area contributed by atoms with Crippen LogP contribution in [0.25, 0.3) is 4.96 Å². The van der Waals surface area contributed by atoms with E-state index in [1.165, 1.54) is 48.6 Å². The highest BCUT2D eigenvalue weighted by molar-refractivity contribution is 7.17. The minimum atomic E-state index is 0.653. The largest absolute Gasteiger partial charge is 0.307 e. The SMILES string of the molecule is Cc1cn2c(CNC3CCN(C4CC4)C3)c(C)nc2s1. The van der Waals surface area contributed by atoms with Crippen molar-refractivity contribution in [3.63, 3.8) is 0 Å². The van der Waals surface area contributed by atoms with E-state index in [1.807, 2.05) is 0 Å². The number of fused-ring (bicyclic) bond motifs is 1. The molecular weight excluding hydrogens is 268 g/mol. The van der Waals surface area contributed by atoms with Crippen molar-refractivity contribution < 1.29 is 0 Å². The first-order valence-electron chi connectivity index (χ1n) is 7.62. The molecule has 0 spiro atoms. The van der Waals surface area contributed by atoms with Gasteiger partial charge in [0.1, 0.15) is 0 Å². The van der Waals surface area contributed by atoms with Gasteiger partial charge in [-0.1, -0.05) is 0 Å². The lowest BCUT2D eigenvalue weighted by atomic mass is 10.2. The monoisotopic (exact) mass is 290 g/mol. The van der Waals surface area contributed by atoms with Crippen molar-refractivity contribution in [3.05, 3.63) is 22.5 Å². The lowest BCUT2D eigenvalue weighted by Gasteiger charge is -2.15. The molecule has 108 valence electrons. The standard InChI is InChI=1S/C15H22N4S/c1-10-8-19-14(11(2)17-15(19)20-10)7-16-12-5-6-18(9-12)13-3-4-13/h8,12-13,16H,3-7,9H2,1-2H3. The third kappa shape index (κ3) is 2.28. The summed E-state index contributed by atoms with van der Waals surface area (Å²) in [5.74, 6) is 0. The minimum absolute atomic E-state index is 0.653. The number of imidazole rings is 1. The Morgan fingerprint density at radius 3 is 3.00 bits per heavy atom. The van der Waals surface area contributed by atoms with Crippen molar-refractivity contribution in [2.45, 2.75) is 51.7 Å². The van der Waals surface area contributed by atoms with Crippen LogP contribution < -0.4 is 5.32 Å². The fraction of sp³-hybridized carbons (Fsp3) is 0.667. The third-order valence-electron chi connectivity index (χ3n) is 4.58. The van der Waals surface area contributed by atoms with E-state index in [0.717, 1.165) is 17.5 Å². The lowest BCUT2D eigenvalue weighted by molar-refractivity contribution is 0.317. The Hall–Kier alpha value is -0.910. The molecule has 1 atom stereocenters. The Labute approximate surface area is 123 Å². The van der Waals surface area contributed by atoms with Crippen LogP contribution in [0.5, 0.6) is 0 Å². The number of hydrogen-bond donors (Lipinski definition) is 1. The second-order valence-corrected chi connectivity index (χ2v) is 7.44. The van der Waals surface area contributed by atoms with Gasteiger partial charge in [-0.3, -0.25) is 9.30 Å². The molecule has 0 aromatic carbocycles. The first-order chi connectivity index (χ1) is 9.70. The molecule has 1 unspecified atom stereocenters. The molecule has 2 aromatic heterocycles. The van der Waals surface area contributed by atoms with Gasteiger partial charge in [-0.25, -0.2) is 4.98 Å². The van der Waals surface area contributed by atoms with Gasteiger partial charge >= 0.3 is 0 Å². The van der Waals surface area contributed by atoms with Crippen LogP contribution in [0.4, 0.5) is 0 Å². The summed E-state index contributed by atoms with van der Waals surface area (Å²) in [5, 5.41) is 3.74. The molecule has 4 rings (SSSR count).